The van der Waals surface area contributed by atoms with Gasteiger partial charge >= 0.3 is 11.9 Å². The Bertz CT molecular complexity index is 2100. The zero-order chi connectivity index (χ0) is 72.9. The van der Waals surface area contributed by atoms with E-state index in [1.807, 2.05) is 83.1 Å². The summed E-state index contributed by atoms with van der Waals surface area (Å²) >= 11 is 0. The van der Waals surface area contributed by atoms with Crippen LogP contribution in [-0.4, -0.2) is 301 Å². The van der Waals surface area contributed by atoms with Gasteiger partial charge in [-0.05, 0) is 125 Å². The molecule has 0 amide bonds. The van der Waals surface area contributed by atoms with E-state index in [9.17, 15) is 9.59 Å². The average molecular weight is 1420 g/mol. The van der Waals surface area contributed by atoms with Crippen LogP contribution in [0.3, 0.4) is 0 Å². The second-order valence-corrected chi connectivity index (χ2v) is 30.3. The van der Waals surface area contributed by atoms with Gasteiger partial charge in [-0.3, -0.25) is 0 Å². The summed E-state index contributed by atoms with van der Waals surface area (Å²) in [6.45, 7) is 35.0. The zero-order valence-corrected chi connectivity index (χ0v) is 61.9. The van der Waals surface area contributed by atoms with Crippen molar-refractivity contribution in [1.82, 2.24) is 0 Å². The molecule has 32 nitrogen and oxygen atoms in total. The fourth-order valence-corrected chi connectivity index (χ4v) is 9.71. The maximum atomic E-state index is 12.9. The number of esters is 2. The predicted octanol–water partition coefficient (Wildman–Crippen LogP) is 1.17. The number of hydrogen-bond acceptors (Lipinski definition) is 32. The van der Waals surface area contributed by atoms with Gasteiger partial charge in [0.25, 0.3) is 0 Å². The number of nitrogens with two attached hydrogens (primary N) is 6. The molecule has 6 heterocycles. The number of carbonyl (C=O) groups excluding carboxylic acids is 2. The summed E-state index contributed by atoms with van der Waals surface area (Å²) in [6.07, 6.45) is -5.63. The summed E-state index contributed by atoms with van der Waals surface area (Å²) < 4.78 is 143. The van der Waals surface area contributed by atoms with Gasteiger partial charge in [0, 0.05) is 0 Å². The van der Waals surface area contributed by atoms with Crippen molar-refractivity contribution in [2.45, 2.75) is 268 Å². The molecule has 0 aromatic carbocycles. The first-order valence-corrected chi connectivity index (χ1v) is 34.3. The van der Waals surface area contributed by atoms with Crippen molar-refractivity contribution in [3.63, 3.8) is 0 Å². The number of hydrogen-bond donors (Lipinski definition) is 6. The van der Waals surface area contributed by atoms with E-state index in [2.05, 4.69) is 0 Å². The van der Waals surface area contributed by atoms with E-state index in [-0.39, 0.29) is 144 Å². The second kappa shape index (κ2) is 39.3. The summed E-state index contributed by atoms with van der Waals surface area (Å²) in [7, 11) is 0. The Hall–Kier alpha value is -2.18. The van der Waals surface area contributed by atoms with Crippen molar-refractivity contribution in [2.75, 3.05) is 145 Å². The molecule has 6 saturated heterocycles. The molecule has 0 aromatic rings. The van der Waals surface area contributed by atoms with Gasteiger partial charge in [-0.15, -0.1) is 0 Å². The Labute approximate surface area is 581 Å². The average Bonchev–Trinajstić information content (AvgIpc) is 1.75. The third-order valence-corrected chi connectivity index (χ3v) is 15.9. The highest BCUT2D eigenvalue weighted by Crippen LogP contribution is 2.26. The number of rotatable bonds is 30. The molecular weight excluding hydrogens is 1290 g/mol. The minimum atomic E-state index is -0.825. The molecule has 6 aliphatic heterocycles. The van der Waals surface area contributed by atoms with Crippen molar-refractivity contribution in [2.24, 2.45) is 34.4 Å². The van der Waals surface area contributed by atoms with Crippen molar-refractivity contribution < 1.29 is 123 Å². The van der Waals surface area contributed by atoms with E-state index < -0.39 is 143 Å². The van der Waals surface area contributed by atoms with Crippen LogP contribution >= 0.6 is 0 Å². The van der Waals surface area contributed by atoms with Crippen LogP contribution in [0.2, 0.25) is 0 Å². The van der Waals surface area contributed by atoms with Gasteiger partial charge < -0.3 is 148 Å². The lowest BCUT2D eigenvalue weighted by Gasteiger charge is -2.30. The van der Waals surface area contributed by atoms with E-state index in [0.29, 0.717) is 13.2 Å². The number of ether oxygens (including phenoxy) is 24. The van der Waals surface area contributed by atoms with Crippen molar-refractivity contribution in [3.8, 4) is 0 Å². The summed E-state index contributed by atoms with van der Waals surface area (Å²) in [5.41, 5.74) is 36.9. The third-order valence-electron chi connectivity index (χ3n) is 15.9. The van der Waals surface area contributed by atoms with E-state index in [4.69, 9.17) is 148 Å². The maximum absolute atomic E-state index is 12.9. The second-order valence-electron chi connectivity index (χ2n) is 30.3. The fourth-order valence-electron chi connectivity index (χ4n) is 9.71. The van der Waals surface area contributed by atoms with Crippen LogP contribution in [0.4, 0.5) is 0 Å². The normalized spacial score (nSPS) is 31.9. The van der Waals surface area contributed by atoms with Gasteiger partial charge in [-0.2, -0.15) is 0 Å². The Morgan fingerprint density at radius 1 is 0.296 bits per heavy atom. The van der Waals surface area contributed by atoms with Gasteiger partial charge in [-0.1, -0.05) is 0 Å². The highest BCUT2D eigenvalue weighted by atomic mass is 16.7. The highest BCUT2D eigenvalue weighted by molar-refractivity contribution is 5.71. The van der Waals surface area contributed by atoms with Gasteiger partial charge in [0.2, 0.25) is 0 Å². The van der Waals surface area contributed by atoms with Crippen LogP contribution in [0, 0.1) is 0 Å². The zero-order valence-electron chi connectivity index (χ0n) is 61.9. The lowest BCUT2D eigenvalue weighted by atomic mass is 10.2. The molecule has 6 rings (SSSR count). The monoisotopic (exact) mass is 1420 g/mol. The van der Waals surface area contributed by atoms with Crippen LogP contribution in [0.5, 0.6) is 0 Å². The molecule has 0 radical (unpaired) electrons. The molecule has 6 fully saturated rings. The smallest absolute Gasteiger partial charge is 0.332 e. The number of carbonyl (C=O) groups is 2. The largest absolute Gasteiger partial charge is 0.458 e. The minimum absolute atomic E-state index is 0.0470. The van der Waals surface area contributed by atoms with Crippen LogP contribution in [0.1, 0.15) is 125 Å². The van der Waals surface area contributed by atoms with Crippen molar-refractivity contribution in [3.05, 3.63) is 0 Å². The third kappa shape index (κ3) is 34.2. The van der Waals surface area contributed by atoms with E-state index in [0.717, 1.165) is 0 Å². The molecule has 12 atom stereocenters. The molecule has 0 saturated carbocycles. The maximum Gasteiger partial charge on any atom is 0.332 e. The lowest BCUT2D eigenvalue weighted by Crippen LogP contribution is -2.46. The first kappa shape index (κ1) is 86.5. The minimum Gasteiger partial charge on any atom is -0.458 e. The van der Waals surface area contributed by atoms with Gasteiger partial charge in [0.1, 0.15) is 48.8 Å². The first-order chi connectivity index (χ1) is 45.4. The Morgan fingerprint density at radius 2 is 0.459 bits per heavy atom. The molecule has 6 aliphatic rings. The molecule has 576 valence electrons. The SMILES string of the molecule is CC(C)(C)OC(=O)COC(COC(COC1COC(C)(C)OCC1N)COC1COC(C)(C)OCC1N)COC(COC1COC(C)(C)OCC1N)COC1COC(C)(C)OCC1N.CC(C)(C)OC(=O)COC(COC1COC(C)(C)OCC1N)COC1COC(C)(C)OCC1N. The highest BCUT2D eigenvalue weighted by Gasteiger charge is 2.39. The fraction of sp³-hybridized carbons (Fsp3) is 0.970. The van der Waals surface area contributed by atoms with Crippen LogP contribution in [0.15, 0.2) is 0 Å². The Kier molecular flexibility index (Phi) is 34.6. The quantitative estimate of drug-likeness (QED) is 0.0550. The molecule has 0 aromatic heterocycles. The Balaban J connectivity index is 0.000000428. The molecule has 0 spiro atoms. The van der Waals surface area contributed by atoms with Gasteiger partial charge in [0.15, 0.2) is 34.7 Å². The molecule has 0 bridgehead atoms. The summed E-state index contributed by atoms with van der Waals surface area (Å²) in [5, 5.41) is 0. The molecule has 98 heavy (non-hydrogen) atoms. The van der Waals surface area contributed by atoms with Crippen LogP contribution in [0.25, 0.3) is 0 Å². The summed E-state index contributed by atoms with van der Waals surface area (Å²) in [4.78, 5) is 25.1. The predicted molar refractivity (Wildman–Crippen MR) is 353 cm³/mol. The van der Waals surface area contributed by atoms with E-state index in [1.54, 1.807) is 41.5 Å². The lowest BCUT2D eigenvalue weighted by molar-refractivity contribution is -0.208. The van der Waals surface area contributed by atoms with Crippen LogP contribution in [-0.2, 0) is 123 Å². The first-order valence-electron chi connectivity index (χ1n) is 34.3. The molecule has 12 unspecified atom stereocenters. The van der Waals surface area contributed by atoms with Gasteiger partial charge in [0.05, 0.1) is 205 Å². The molecular formula is C66H126N6O26. The molecule has 0 aliphatic carbocycles. The molecule has 12 N–H and O–H groups in total. The van der Waals surface area contributed by atoms with E-state index in [1.165, 1.54) is 0 Å². The van der Waals surface area contributed by atoms with Crippen LogP contribution < -0.4 is 34.4 Å². The Morgan fingerprint density at radius 3 is 0.643 bits per heavy atom. The van der Waals surface area contributed by atoms with E-state index >= 15 is 0 Å². The van der Waals surface area contributed by atoms with Crippen molar-refractivity contribution in [1.29, 1.82) is 0 Å². The summed E-state index contributed by atoms with van der Waals surface area (Å²) in [5.74, 6) is -5.82. The summed E-state index contributed by atoms with van der Waals surface area (Å²) in [6, 6.07) is -2.64. The standard InChI is InChI=1S/C43H82N4O17.C23H44N2O9/c1-39(2,3)64-38(48)26-51-27(12-49-28(14-52-34-22-60-40(4,5)56-18-30(34)44)15-53-35-23-61-41(6,7)57-19-31(35)45)13-50-29(16-54-36-24-62-42(8,9)58-20-32(36)46)17-55-37-25-63-43(10,11)59-21-33(37)47;1-21(2,3)34-20(26)14-27-15(8-28-18-12-32-22(4,5)30-10-16(18)24)9-29-19-13-33-23(6,7)31-11-17(19)25/h27-37H,12-26,44-47H2,1-11H3;15-19H,8-14,24-25H2,1-7H3. The van der Waals surface area contributed by atoms with Crippen molar-refractivity contribution >= 4 is 11.9 Å². The topological polar surface area (TPSA) is 412 Å². The molecule has 32 heteroatoms. The van der Waals surface area contributed by atoms with Gasteiger partial charge in [-0.25, -0.2) is 9.59 Å².